The molecular weight excluding hydrogens is 312 g/mol. The molecule has 3 rings (SSSR count). The molecule has 2 N–H and O–H groups in total. The van der Waals surface area contributed by atoms with Crippen LogP contribution in [0.5, 0.6) is 0 Å². The summed E-state index contributed by atoms with van der Waals surface area (Å²) in [6.45, 7) is 4.75. The molecule has 1 aromatic rings. The molecule has 1 aliphatic heterocycles. The number of amides is 2. The average molecular weight is 338 g/mol. The number of ether oxygens (including phenoxy) is 1. The minimum Gasteiger partial charge on any atom is -0.392 e. The van der Waals surface area contributed by atoms with Crippen molar-refractivity contribution in [3.63, 3.8) is 0 Å². The zero-order valence-electron chi connectivity index (χ0n) is 13.7. The minimum absolute atomic E-state index is 0.0122. The van der Waals surface area contributed by atoms with Gasteiger partial charge in [-0.1, -0.05) is 6.07 Å². The molecule has 2 aliphatic rings. The quantitative estimate of drug-likeness (QED) is 0.866. The van der Waals surface area contributed by atoms with Gasteiger partial charge in [0, 0.05) is 43.0 Å². The van der Waals surface area contributed by atoms with Crippen LogP contribution in [-0.4, -0.2) is 54.5 Å². The number of carbonyl (C=O) groups is 1. The SMILES string of the molecule is CCO[C@@H]1C[C@@H](O)C12CCN(C(=O)NCCc1cccs1)CC2. The van der Waals surface area contributed by atoms with Crippen molar-refractivity contribution in [2.24, 2.45) is 5.41 Å². The highest BCUT2D eigenvalue weighted by atomic mass is 32.1. The van der Waals surface area contributed by atoms with Crippen molar-refractivity contribution in [3.05, 3.63) is 22.4 Å². The van der Waals surface area contributed by atoms with Crippen LogP contribution in [0.3, 0.4) is 0 Å². The molecule has 1 aromatic heterocycles. The monoisotopic (exact) mass is 338 g/mol. The number of hydrogen-bond acceptors (Lipinski definition) is 4. The van der Waals surface area contributed by atoms with Gasteiger partial charge >= 0.3 is 6.03 Å². The van der Waals surface area contributed by atoms with Gasteiger partial charge in [-0.3, -0.25) is 0 Å². The molecule has 1 aliphatic carbocycles. The number of rotatable bonds is 5. The van der Waals surface area contributed by atoms with Gasteiger partial charge in [-0.2, -0.15) is 0 Å². The number of nitrogens with one attached hydrogen (secondary N) is 1. The predicted molar refractivity (Wildman–Crippen MR) is 90.7 cm³/mol. The van der Waals surface area contributed by atoms with Gasteiger partial charge in [-0.25, -0.2) is 4.79 Å². The van der Waals surface area contributed by atoms with Crippen molar-refractivity contribution in [3.8, 4) is 0 Å². The Kier molecular flexibility index (Phi) is 5.24. The van der Waals surface area contributed by atoms with Gasteiger partial charge in [-0.05, 0) is 37.6 Å². The summed E-state index contributed by atoms with van der Waals surface area (Å²) in [5.41, 5.74) is -0.121. The molecule has 0 unspecified atom stereocenters. The summed E-state index contributed by atoms with van der Waals surface area (Å²) < 4.78 is 5.77. The molecule has 0 bridgehead atoms. The predicted octanol–water partition coefficient (Wildman–Crippen LogP) is 2.25. The standard InChI is InChI=1S/C17H26N2O3S/c1-2-22-15-12-14(20)17(15)6-9-19(10-7-17)16(21)18-8-5-13-4-3-11-23-13/h3-4,11,14-15,20H,2,5-10,12H2,1H3,(H,18,21)/t14-,15-/m1/s1. The highest BCUT2D eigenvalue weighted by Crippen LogP contribution is 2.50. The van der Waals surface area contributed by atoms with Crippen molar-refractivity contribution in [2.75, 3.05) is 26.2 Å². The van der Waals surface area contributed by atoms with E-state index in [0.717, 1.165) is 25.7 Å². The van der Waals surface area contributed by atoms with E-state index in [4.69, 9.17) is 4.74 Å². The van der Waals surface area contributed by atoms with Crippen molar-refractivity contribution in [1.29, 1.82) is 0 Å². The Hall–Kier alpha value is -1.11. The molecule has 0 radical (unpaired) electrons. The first kappa shape index (κ1) is 16.7. The van der Waals surface area contributed by atoms with Crippen molar-refractivity contribution >= 4 is 17.4 Å². The van der Waals surface area contributed by atoms with Gasteiger partial charge in [-0.15, -0.1) is 11.3 Å². The lowest BCUT2D eigenvalue weighted by Gasteiger charge is -2.56. The second-order valence-electron chi connectivity index (χ2n) is 6.48. The van der Waals surface area contributed by atoms with Crippen LogP contribution in [0.2, 0.25) is 0 Å². The third-order valence-electron chi connectivity index (χ3n) is 5.32. The van der Waals surface area contributed by atoms with Crippen LogP contribution in [0.1, 0.15) is 31.1 Å². The van der Waals surface area contributed by atoms with Gasteiger partial charge < -0.3 is 20.1 Å². The number of likely N-dealkylation sites (tertiary alicyclic amines) is 1. The second-order valence-corrected chi connectivity index (χ2v) is 7.51. The molecule has 5 nitrogen and oxygen atoms in total. The Bertz CT molecular complexity index is 510. The Labute approximate surface area is 141 Å². The molecule has 6 heteroatoms. The van der Waals surface area contributed by atoms with E-state index in [1.165, 1.54) is 4.88 Å². The topological polar surface area (TPSA) is 61.8 Å². The first-order valence-corrected chi connectivity index (χ1v) is 9.38. The largest absolute Gasteiger partial charge is 0.392 e. The molecule has 128 valence electrons. The Morgan fingerprint density at radius 2 is 2.30 bits per heavy atom. The number of piperidine rings is 1. The summed E-state index contributed by atoms with van der Waals surface area (Å²) in [5, 5.41) is 15.3. The van der Waals surface area contributed by atoms with E-state index in [1.54, 1.807) is 11.3 Å². The molecule has 23 heavy (non-hydrogen) atoms. The lowest BCUT2D eigenvalue weighted by Crippen LogP contribution is -2.63. The molecular formula is C17H26N2O3S. The maximum absolute atomic E-state index is 12.3. The molecule has 0 aromatic carbocycles. The summed E-state index contributed by atoms with van der Waals surface area (Å²) >= 11 is 1.72. The number of nitrogens with zero attached hydrogens (tertiary/aromatic N) is 1. The van der Waals surface area contributed by atoms with Crippen molar-refractivity contribution < 1.29 is 14.6 Å². The van der Waals surface area contributed by atoms with E-state index < -0.39 is 0 Å². The number of aliphatic hydroxyl groups excluding tert-OH is 1. The Balaban J connectivity index is 1.44. The first-order valence-electron chi connectivity index (χ1n) is 8.50. The van der Waals surface area contributed by atoms with E-state index in [-0.39, 0.29) is 23.7 Å². The van der Waals surface area contributed by atoms with Gasteiger partial charge in [0.05, 0.1) is 12.2 Å². The molecule has 1 spiro atoms. The number of carbonyl (C=O) groups excluding carboxylic acids is 1. The first-order chi connectivity index (χ1) is 11.2. The van der Waals surface area contributed by atoms with Crippen LogP contribution >= 0.6 is 11.3 Å². The highest BCUT2D eigenvalue weighted by Gasteiger charge is 2.56. The van der Waals surface area contributed by atoms with Crippen LogP contribution < -0.4 is 5.32 Å². The fraction of sp³-hybridized carbons (Fsp3) is 0.706. The fourth-order valence-electron chi connectivity index (χ4n) is 3.80. The smallest absolute Gasteiger partial charge is 0.317 e. The molecule has 2 heterocycles. The van der Waals surface area contributed by atoms with Gasteiger partial charge in [0.2, 0.25) is 0 Å². The van der Waals surface area contributed by atoms with Gasteiger partial charge in [0.15, 0.2) is 0 Å². The summed E-state index contributed by atoms with van der Waals surface area (Å²) in [6.07, 6.45) is 3.16. The van der Waals surface area contributed by atoms with Gasteiger partial charge in [0.1, 0.15) is 0 Å². The Morgan fingerprint density at radius 1 is 1.52 bits per heavy atom. The number of urea groups is 1. The summed E-state index contributed by atoms with van der Waals surface area (Å²) in [4.78, 5) is 15.4. The highest BCUT2D eigenvalue weighted by molar-refractivity contribution is 7.09. The van der Waals surface area contributed by atoms with Crippen molar-refractivity contribution in [2.45, 2.75) is 44.8 Å². The zero-order valence-corrected chi connectivity index (χ0v) is 14.5. The fourth-order valence-corrected chi connectivity index (χ4v) is 4.51. The number of aliphatic hydroxyl groups is 1. The molecule has 1 saturated heterocycles. The molecule has 2 amide bonds. The summed E-state index contributed by atoms with van der Waals surface area (Å²) in [7, 11) is 0. The second kappa shape index (κ2) is 7.20. The number of hydrogen-bond donors (Lipinski definition) is 2. The lowest BCUT2D eigenvalue weighted by atomic mass is 9.58. The van der Waals surface area contributed by atoms with Crippen molar-refractivity contribution in [1.82, 2.24) is 10.2 Å². The minimum atomic E-state index is -0.275. The van der Waals surface area contributed by atoms with E-state index >= 15 is 0 Å². The molecule has 2 atom stereocenters. The van der Waals surface area contributed by atoms with E-state index in [0.29, 0.717) is 26.2 Å². The lowest BCUT2D eigenvalue weighted by molar-refractivity contribution is -0.207. The van der Waals surface area contributed by atoms with E-state index in [9.17, 15) is 9.90 Å². The van der Waals surface area contributed by atoms with Gasteiger partial charge in [0.25, 0.3) is 0 Å². The van der Waals surface area contributed by atoms with Crippen LogP contribution in [0.15, 0.2) is 17.5 Å². The molecule has 1 saturated carbocycles. The maximum atomic E-state index is 12.3. The molecule has 2 fully saturated rings. The summed E-state index contributed by atoms with van der Waals surface area (Å²) in [5.74, 6) is 0. The maximum Gasteiger partial charge on any atom is 0.317 e. The van der Waals surface area contributed by atoms with E-state index in [2.05, 4.69) is 16.8 Å². The van der Waals surface area contributed by atoms with E-state index in [1.807, 2.05) is 17.9 Å². The third-order valence-corrected chi connectivity index (χ3v) is 6.26. The van der Waals surface area contributed by atoms with Crippen LogP contribution in [0, 0.1) is 5.41 Å². The van der Waals surface area contributed by atoms with Crippen LogP contribution in [0.25, 0.3) is 0 Å². The summed E-state index contributed by atoms with van der Waals surface area (Å²) in [6, 6.07) is 4.14. The average Bonchev–Trinajstić information content (AvgIpc) is 3.08. The van der Waals surface area contributed by atoms with Crippen LogP contribution in [-0.2, 0) is 11.2 Å². The zero-order chi connectivity index (χ0) is 16.3. The van der Waals surface area contributed by atoms with Crippen LogP contribution in [0.4, 0.5) is 4.79 Å². The Morgan fingerprint density at radius 3 is 2.91 bits per heavy atom. The third kappa shape index (κ3) is 3.39. The normalized spacial score (nSPS) is 26.1. The number of thiophene rings is 1.